The van der Waals surface area contributed by atoms with Crippen molar-refractivity contribution >= 4 is 59.1 Å². The summed E-state index contributed by atoms with van der Waals surface area (Å²) < 4.78 is 0. The summed E-state index contributed by atoms with van der Waals surface area (Å²) >= 11 is 0. The minimum atomic E-state index is -1.22. The van der Waals surface area contributed by atoms with Crippen LogP contribution >= 0.6 is 0 Å². The number of aliphatic carboxylic acids is 1. The minimum Gasteiger partial charge on any atom is -0.480 e. The van der Waals surface area contributed by atoms with E-state index in [-0.39, 0.29) is 25.5 Å². The fraction of sp³-hybridized carbons (Fsp3) is 0.636. The van der Waals surface area contributed by atoms with Crippen molar-refractivity contribution < 1.29 is 53.1 Å². The van der Waals surface area contributed by atoms with Crippen LogP contribution in [0.4, 0.5) is 0 Å². The summed E-state index contributed by atoms with van der Waals surface area (Å²) in [5, 5.41) is 8.81. The van der Waals surface area contributed by atoms with Crippen LogP contribution in [-0.4, -0.2) is 249 Å². The third-order valence-electron chi connectivity index (χ3n) is 8.21. The van der Waals surface area contributed by atoms with E-state index in [9.17, 15) is 47.9 Å². The lowest BCUT2D eigenvalue weighted by Gasteiger charge is -2.27. The second kappa shape index (κ2) is 22.3. The Hall–Kier alpha value is -5.76. The molecule has 9 amide bonds. The first kappa shape index (κ1) is 48.2. The number of carbonyl (C=O) groups is 10. The van der Waals surface area contributed by atoms with E-state index in [0.29, 0.717) is 5.70 Å². The van der Waals surface area contributed by atoms with Crippen LogP contribution in [0.1, 0.15) is 6.92 Å². The van der Waals surface area contributed by atoms with Crippen LogP contribution in [0.15, 0.2) is 12.3 Å². The number of hydrogen-bond acceptors (Lipinski definition) is 11. The Bertz CT molecular complexity index is 1460. The molecule has 304 valence electrons. The van der Waals surface area contributed by atoms with E-state index in [0.717, 1.165) is 39.2 Å². The molecule has 0 rings (SSSR count). The van der Waals surface area contributed by atoms with Gasteiger partial charge in [0, 0.05) is 76.2 Å². The van der Waals surface area contributed by atoms with Crippen LogP contribution in [0.5, 0.6) is 0 Å². The molecule has 0 spiro atoms. The number of likely N-dealkylation sites (N-methyl/N-ethyl adjacent to an activating group) is 10. The van der Waals surface area contributed by atoms with Gasteiger partial charge in [-0.05, 0) is 6.92 Å². The van der Waals surface area contributed by atoms with E-state index >= 15 is 0 Å². The van der Waals surface area contributed by atoms with Crippen molar-refractivity contribution in [3.8, 4) is 0 Å². The van der Waals surface area contributed by atoms with Gasteiger partial charge in [-0.15, -0.1) is 0 Å². The van der Waals surface area contributed by atoms with Gasteiger partial charge in [-0.25, -0.2) is 0 Å². The molecule has 0 heterocycles. The minimum absolute atomic E-state index is 0.0282. The van der Waals surface area contributed by atoms with E-state index < -0.39 is 99.0 Å². The Labute approximate surface area is 316 Å². The quantitative estimate of drug-likeness (QED) is 0.117. The van der Waals surface area contributed by atoms with Gasteiger partial charge in [-0.3, -0.25) is 47.9 Å². The van der Waals surface area contributed by atoms with Gasteiger partial charge in [0.1, 0.15) is 6.54 Å². The first-order valence-electron chi connectivity index (χ1n) is 16.5. The summed E-state index contributed by atoms with van der Waals surface area (Å²) in [5.41, 5.74) is 0.678. The van der Waals surface area contributed by atoms with Crippen molar-refractivity contribution in [3.63, 3.8) is 0 Å². The lowest BCUT2D eigenvalue weighted by molar-refractivity contribution is -0.147. The van der Waals surface area contributed by atoms with Gasteiger partial charge in [0.15, 0.2) is 0 Å². The smallest absolute Gasteiger partial charge is 0.323 e. The fourth-order valence-corrected chi connectivity index (χ4v) is 4.04. The van der Waals surface area contributed by atoms with Crippen LogP contribution in [0.3, 0.4) is 0 Å². The average Bonchev–Trinajstić information content (AvgIpc) is 3.06. The Kier molecular flexibility index (Phi) is 20.0. The molecule has 0 aliphatic rings. The van der Waals surface area contributed by atoms with Crippen molar-refractivity contribution in [2.75, 3.05) is 136 Å². The lowest BCUT2D eigenvalue weighted by Crippen LogP contribution is -2.49. The van der Waals surface area contributed by atoms with Gasteiger partial charge in [0.2, 0.25) is 53.2 Å². The molecule has 0 saturated heterocycles. The van der Waals surface area contributed by atoms with Crippen LogP contribution in [0.2, 0.25) is 0 Å². The Morgan fingerprint density at radius 3 is 0.574 bits per heavy atom. The topological polar surface area (TPSA) is 223 Å². The van der Waals surface area contributed by atoms with Crippen LogP contribution in [0.25, 0.3) is 0 Å². The third kappa shape index (κ3) is 17.2. The maximum Gasteiger partial charge on any atom is 0.323 e. The molecule has 0 aliphatic heterocycles. The van der Waals surface area contributed by atoms with E-state index in [1.165, 1.54) is 68.3 Å². The molecule has 54 heavy (non-hydrogen) atoms. The largest absolute Gasteiger partial charge is 0.480 e. The number of carboxylic acid groups (broad SMARTS) is 1. The summed E-state index contributed by atoms with van der Waals surface area (Å²) in [7, 11) is 13.8. The molecule has 0 fully saturated rings. The van der Waals surface area contributed by atoms with Crippen LogP contribution in [0, 0.1) is 0 Å². The second-order valence-electron chi connectivity index (χ2n) is 13.2. The SMILES string of the molecule is C=C(C)N(C)CC(=O)N(C)CC(=O)N(C)CC(=O)N(C)CC(=O)N(C)CC(=O)N(C)CC(=O)N(C)CC(=O)N(C)CC(=O)N(C)CC(=O)N(C)CC(=O)O. The van der Waals surface area contributed by atoms with Crippen molar-refractivity contribution in [3.05, 3.63) is 12.3 Å². The van der Waals surface area contributed by atoms with E-state index in [1.807, 2.05) is 0 Å². The maximum absolute atomic E-state index is 12.8. The predicted octanol–water partition coefficient (Wildman–Crippen LogP) is -4.34. The molecule has 0 aliphatic carbocycles. The second-order valence-corrected chi connectivity index (χ2v) is 13.2. The number of nitrogens with zero attached hydrogens (tertiary/aromatic N) is 10. The Balaban J connectivity index is 4.87. The highest BCUT2D eigenvalue weighted by atomic mass is 16.4. The van der Waals surface area contributed by atoms with Crippen molar-refractivity contribution in [2.45, 2.75) is 6.92 Å². The van der Waals surface area contributed by atoms with Crippen LogP contribution in [-0.2, 0) is 47.9 Å². The maximum atomic E-state index is 12.8. The number of hydrogen-bond donors (Lipinski definition) is 1. The monoisotopic (exact) mass is 768 g/mol. The van der Waals surface area contributed by atoms with Crippen molar-refractivity contribution in [1.29, 1.82) is 0 Å². The van der Waals surface area contributed by atoms with Gasteiger partial charge in [-0.1, -0.05) is 6.58 Å². The molecule has 1 N–H and O–H groups in total. The zero-order valence-electron chi connectivity index (χ0n) is 33.3. The molecular formula is C33H56N10O11. The molecule has 21 nitrogen and oxygen atoms in total. The molecule has 0 saturated carbocycles. The number of carboxylic acids is 1. The summed E-state index contributed by atoms with van der Waals surface area (Å²) in [6, 6.07) is 0. The summed E-state index contributed by atoms with van der Waals surface area (Å²) in [4.78, 5) is 135. The molecular weight excluding hydrogens is 712 g/mol. The van der Waals surface area contributed by atoms with Crippen molar-refractivity contribution in [2.24, 2.45) is 0 Å². The normalized spacial score (nSPS) is 10.3. The third-order valence-corrected chi connectivity index (χ3v) is 8.21. The van der Waals surface area contributed by atoms with Gasteiger partial charge in [0.25, 0.3) is 0 Å². The van der Waals surface area contributed by atoms with Crippen molar-refractivity contribution in [1.82, 2.24) is 49.0 Å². The molecule has 0 bridgehead atoms. The average molecular weight is 769 g/mol. The first-order valence-corrected chi connectivity index (χ1v) is 16.5. The summed E-state index contributed by atoms with van der Waals surface area (Å²) in [6.07, 6.45) is 0. The molecule has 0 unspecified atom stereocenters. The molecule has 21 heteroatoms. The summed E-state index contributed by atoms with van der Waals surface area (Å²) in [6.45, 7) is 1.81. The number of rotatable bonds is 21. The lowest BCUT2D eigenvalue weighted by atomic mass is 10.3. The van der Waals surface area contributed by atoms with E-state index in [2.05, 4.69) is 6.58 Å². The predicted molar refractivity (Wildman–Crippen MR) is 194 cm³/mol. The van der Waals surface area contributed by atoms with Gasteiger partial charge < -0.3 is 54.1 Å². The van der Waals surface area contributed by atoms with E-state index in [1.54, 1.807) is 18.9 Å². The highest BCUT2D eigenvalue weighted by Gasteiger charge is 2.26. The van der Waals surface area contributed by atoms with E-state index in [4.69, 9.17) is 5.11 Å². The fourth-order valence-electron chi connectivity index (χ4n) is 4.04. The number of allylic oxidation sites excluding steroid dienone is 1. The highest BCUT2D eigenvalue weighted by molar-refractivity contribution is 5.93. The zero-order chi connectivity index (χ0) is 42.2. The standard InChI is InChI=1S/C33H56N10O11/c1-23(2)34(3)13-24(44)35(4)14-25(45)36(5)15-26(46)37(6)16-27(47)38(7)17-28(48)39(8)18-29(49)40(9)19-30(50)41(10)20-31(51)42(11)21-32(52)43(12)22-33(53)54/h1,13-22H2,2-12H3,(H,53,54). The molecule has 0 aromatic heterocycles. The number of carbonyl (C=O) groups excluding carboxylic acids is 9. The van der Waals surface area contributed by atoms with Gasteiger partial charge >= 0.3 is 5.97 Å². The molecule has 0 radical (unpaired) electrons. The molecule has 0 aromatic rings. The first-order chi connectivity index (χ1) is 24.8. The summed E-state index contributed by atoms with van der Waals surface area (Å²) in [5.74, 6) is -6.23. The Morgan fingerprint density at radius 1 is 0.315 bits per heavy atom. The van der Waals surface area contributed by atoms with Crippen LogP contribution < -0.4 is 0 Å². The molecule has 0 aromatic carbocycles. The van der Waals surface area contributed by atoms with Gasteiger partial charge in [0.05, 0.1) is 58.9 Å². The zero-order valence-corrected chi connectivity index (χ0v) is 33.3. The molecule has 0 atom stereocenters. The highest BCUT2D eigenvalue weighted by Crippen LogP contribution is 2.01. The Morgan fingerprint density at radius 2 is 0.444 bits per heavy atom. The number of amides is 9. The van der Waals surface area contributed by atoms with Gasteiger partial charge in [-0.2, -0.15) is 0 Å².